The van der Waals surface area contributed by atoms with Crippen LogP contribution in [0, 0.1) is 18.8 Å². The predicted octanol–water partition coefficient (Wildman–Crippen LogP) is 3.66. The van der Waals surface area contributed by atoms with Gasteiger partial charge in [0.2, 0.25) is 0 Å². The molecule has 2 saturated carbocycles. The van der Waals surface area contributed by atoms with E-state index < -0.39 is 5.60 Å². The summed E-state index contributed by atoms with van der Waals surface area (Å²) < 4.78 is 0. The normalized spacial score (nSPS) is 36.9. The third-order valence-corrected chi connectivity index (χ3v) is 4.64. The van der Waals surface area contributed by atoms with Crippen molar-refractivity contribution in [2.45, 2.75) is 38.2 Å². The second-order valence-electron chi connectivity index (χ2n) is 5.28. The number of aryl methyl sites for hydroxylation is 1. The topological polar surface area (TPSA) is 20.2 Å². The van der Waals surface area contributed by atoms with Crippen LogP contribution in [0.3, 0.4) is 0 Å². The maximum atomic E-state index is 10.8. The molecule has 2 fully saturated rings. The van der Waals surface area contributed by atoms with Crippen molar-refractivity contribution in [2.24, 2.45) is 11.8 Å². The van der Waals surface area contributed by atoms with Gasteiger partial charge in [-0.1, -0.05) is 30.5 Å². The Morgan fingerprint density at radius 1 is 1.25 bits per heavy atom. The van der Waals surface area contributed by atoms with E-state index in [1.807, 2.05) is 25.1 Å². The molecule has 0 saturated heterocycles. The van der Waals surface area contributed by atoms with Crippen LogP contribution in [-0.4, -0.2) is 5.11 Å². The number of aliphatic hydroxyl groups is 1. The van der Waals surface area contributed by atoms with Gasteiger partial charge in [-0.25, -0.2) is 0 Å². The first-order valence-corrected chi connectivity index (χ1v) is 6.51. The Morgan fingerprint density at radius 2 is 1.88 bits per heavy atom. The van der Waals surface area contributed by atoms with E-state index >= 15 is 0 Å². The molecule has 2 atom stereocenters. The Hall–Kier alpha value is -0.530. The molecule has 1 N–H and O–H groups in total. The van der Waals surface area contributed by atoms with Crippen LogP contribution in [0.2, 0.25) is 5.02 Å². The van der Waals surface area contributed by atoms with Gasteiger partial charge in [0.05, 0.1) is 5.60 Å². The summed E-state index contributed by atoms with van der Waals surface area (Å²) in [7, 11) is 0. The van der Waals surface area contributed by atoms with Crippen LogP contribution < -0.4 is 0 Å². The summed E-state index contributed by atoms with van der Waals surface area (Å²) in [6, 6.07) is 5.86. The molecule has 0 aromatic heterocycles. The van der Waals surface area contributed by atoms with E-state index in [0.29, 0.717) is 11.8 Å². The summed E-state index contributed by atoms with van der Waals surface area (Å²) in [6.45, 7) is 2.05. The van der Waals surface area contributed by atoms with Crippen molar-refractivity contribution >= 4 is 11.6 Å². The highest BCUT2D eigenvalue weighted by molar-refractivity contribution is 6.30. The molecule has 0 radical (unpaired) electrons. The summed E-state index contributed by atoms with van der Waals surface area (Å²) >= 11 is 5.96. The van der Waals surface area contributed by atoms with E-state index in [2.05, 4.69) is 0 Å². The number of fused-ring (bicyclic) bond motifs is 1. The quantitative estimate of drug-likeness (QED) is 0.789. The fourth-order valence-electron chi connectivity index (χ4n) is 3.57. The Labute approximate surface area is 101 Å². The molecule has 1 nitrogen and oxygen atoms in total. The molecular weight excluding hydrogens is 220 g/mol. The molecule has 1 aromatic carbocycles. The lowest BCUT2D eigenvalue weighted by Crippen LogP contribution is -2.12. The first-order valence-electron chi connectivity index (χ1n) is 6.13. The van der Waals surface area contributed by atoms with E-state index in [-0.39, 0.29) is 0 Å². The van der Waals surface area contributed by atoms with Gasteiger partial charge in [0.15, 0.2) is 0 Å². The minimum atomic E-state index is -0.537. The largest absolute Gasteiger partial charge is 0.385 e. The summed E-state index contributed by atoms with van der Waals surface area (Å²) in [5, 5.41) is 11.5. The fraction of sp³-hybridized carbons (Fsp3) is 0.571. The molecule has 0 spiro atoms. The van der Waals surface area contributed by atoms with E-state index in [0.717, 1.165) is 16.1 Å². The van der Waals surface area contributed by atoms with Crippen molar-refractivity contribution in [1.82, 2.24) is 0 Å². The van der Waals surface area contributed by atoms with Gasteiger partial charge >= 0.3 is 0 Å². The van der Waals surface area contributed by atoms with Crippen molar-refractivity contribution < 1.29 is 5.11 Å². The van der Waals surface area contributed by atoms with E-state index in [1.165, 1.54) is 25.7 Å². The lowest BCUT2D eigenvalue weighted by Gasteiger charge is -2.14. The van der Waals surface area contributed by atoms with Gasteiger partial charge in [-0.3, -0.25) is 0 Å². The van der Waals surface area contributed by atoms with Crippen LogP contribution in [0.5, 0.6) is 0 Å². The van der Waals surface area contributed by atoms with E-state index in [4.69, 9.17) is 11.6 Å². The van der Waals surface area contributed by atoms with Crippen molar-refractivity contribution in [2.75, 3.05) is 0 Å². The van der Waals surface area contributed by atoms with Gasteiger partial charge in [0.1, 0.15) is 0 Å². The van der Waals surface area contributed by atoms with Gasteiger partial charge in [0.25, 0.3) is 0 Å². The Morgan fingerprint density at radius 3 is 2.44 bits per heavy atom. The number of hydrogen-bond donors (Lipinski definition) is 1. The number of hydrogen-bond acceptors (Lipinski definition) is 1. The zero-order valence-electron chi connectivity index (χ0n) is 9.54. The molecule has 0 amide bonds. The van der Waals surface area contributed by atoms with Gasteiger partial charge in [-0.05, 0) is 54.9 Å². The SMILES string of the molecule is Cc1cc(Cl)ccc1C1(O)C2CCCCC21. The summed E-state index contributed by atoms with van der Waals surface area (Å²) in [5.41, 5.74) is 1.70. The summed E-state index contributed by atoms with van der Waals surface area (Å²) in [6.07, 6.45) is 4.92. The lowest BCUT2D eigenvalue weighted by molar-refractivity contribution is 0.117. The van der Waals surface area contributed by atoms with E-state index in [1.54, 1.807) is 0 Å². The molecule has 2 unspecified atom stereocenters. The molecule has 1 aromatic rings. The second kappa shape index (κ2) is 3.48. The van der Waals surface area contributed by atoms with Crippen molar-refractivity contribution in [3.05, 3.63) is 34.3 Å². The molecule has 2 aliphatic carbocycles. The number of halogens is 1. The van der Waals surface area contributed by atoms with Crippen LogP contribution in [0.15, 0.2) is 18.2 Å². The minimum Gasteiger partial charge on any atom is -0.385 e. The molecule has 16 heavy (non-hydrogen) atoms. The van der Waals surface area contributed by atoms with Crippen molar-refractivity contribution in [1.29, 1.82) is 0 Å². The van der Waals surface area contributed by atoms with Crippen molar-refractivity contribution in [3.8, 4) is 0 Å². The third-order valence-electron chi connectivity index (χ3n) is 4.41. The Balaban J connectivity index is 1.98. The highest BCUT2D eigenvalue weighted by atomic mass is 35.5. The highest BCUT2D eigenvalue weighted by Gasteiger charge is 2.64. The lowest BCUT2D eigenvalue weighted by atomic mass is 9.98. The first-order chi connectivity index (χ1) is 7.64. The molecule has 0 aliphatic heterocycles. The fourth-order valence-corrected chi connectivity index (χ4v) is 3.80. The molecule has 0 heterocycles. The molecule has 2 aliphatic rings. The molecule has 3 rings (SSSR count). The Kier molecular flexibility index (Phi) is 2.31. The minimum absolute atomic E-state index is 0.501. The zero-order valence-corrected chi connectivity index (χ0v) is 10.3. The smallest absolute Gasteiger partial charge is 0.0962 e. The number of benzene rings is 1. The highest BCUT2D eigenvalue weighted by Crippen LogP contribution is 2.64. The maximum absolute atomic E-state index is 10.8. The van der Waals surface area contributed by atoms with Crippen LogP contribution in [-0.2, 0) is 5.60 Å². The van der Waals surface area contributed by atoms with Crippen LogP contribution in [0.4, 0.5) is 0 Å². The average Bonchev–Trinajstić information content (AvgIpc) is 2.86. The monoisotopic (exact) mass is 236 g/mol. The maximum Gasteiger partial charge on any atom is 0.0962 e. The molecular formula is C14H17ClO. The van der Waals surface area contributed by atoms with Gasteiger partial charge in [-0.15, -0.1) is 0 Å². The Bertz CT molecular complexity index is 415. The number of rotatable bonds is 1. The third kappa shape index (κ3) is 1.34. The van der Waals surface area contributed by atoms with Crippen LogP contribution in [0.1, 0.15) is 36.8 Å². The summed E-state index contributed by atoms with van der Waals surface area (Å²) in [4.78, 5) is 0. The van der Waals surface area contributed by atoms with Crippen molar-refractivity contribution in [3.63, 3.8) is 0 Å². The summed E-state index contributed by atoms with van der Waals surface area (Å²) in [5.74, 6) is 1.00. The zero-order chi connectivity index (χ0) is 11.3. The van der Waals surface area contributed by atoms with Crippen LogP contribution >= 0.6 is 11.6 Å². The molecule has 86 valence electrons. The van der Waals surface area contributed by atoms with Gasteiger partial charge in [0, 0.05) is 5.02 Å². The van der Waals surface area contributed by atoms with E-state index in [9.17, 15) is 5.11 Å². The standard InChI is InChI=1S/C14H17ClO/c1-9-8-10(15)6-7-11(9)14(16)12-4-2-3-5-13(12)14/h6-8,12-13,16H,2-5H2,1H3. The predicted molar refractivity (Wildman–Crippen MR) is 65.5 cm³/mol. The van der Waals surface area contributed by atoms with Gasteiger partial charge < -0.3 is 5.11 Å². The second-order valence-corrected chi connectivity index (χ2v) is 5.72. The molecule has 0 bridgehead atoms. The first kappa shape index (κ1) is 10.6. The van der Waals surface area contributed by atoms with Gasteiger partial charge in [-0.2, -0.15) is 0 Å². The molecule has 2 heteroatoms. The average molecular weight is 237 g/mol. The van der Waals surface area contributed by atoms with Crippen LogP contribution in [0.25, 0.3) is 0 Å².